The molecule has 1 aromatic rings. The SMILES string of the molecule is CCCCc1nnn(CCCC)c1F. The summed E-state index contributed by atoms with van der Waals surface area (Å²) in [4.78, 5) is 0. The highest BCUT2D eigenvalue weighted by Crippen LogP contribution is 2.07. The van der Waals surface area contributed by atoms with Gasteiger partial charge in [-0.1, -0.05) is 31.9 Å². The van der Waals surface area contributed by atoms with Gasteiger partial charge in [-0.05, 0) is 19.3 Å². The summed E-state index contributed by atoms with van der Waals surface area (Å²) in [5.74, 6) is -0.244. The number of nitrogens with zero attached hydrogens (tertiary/aromatic N) is 3. The molecule has 0 atom stereocenters. The fraction of sp³-hybridized carbons (Fsp3) is 0.800. The van der Waals surface area contributed by atoms with Crippen LogP contribution in [0, 0.1) is 5.95 Å². The van der Waals surface area contributed by atoms with Gasteiger partial charge >= 0.3 is 0 Å². The molecule has 14 heavy (non-hydrogen) atoms. The lowest BCUT2D eigenvalue weighted by Gasteiger charge is -1.98. The lowest BCUT2D eigenvalue weighted by molar-refractivity contribution is 0.435. The molecule has 0 unspecified atom stereocenters. The molecule has 4 heteroatoms. The molecule has 0 aromatic carbocycles. The summed E-state index contributed by atoms with van der Waals surface area (Å²) in [6.07, 6.45) is 4.73. The summed E-state index contributed by atoms with van der Waals surface area (Å²) >= 11 is 0. The summed E-state index contributed by atoms with van der Waals surface area (Å²) in [5, 5.41) is 7.64. The van der Waals surface area contributed by atoms with Crippen LogP contribution < -0.4 is 0 Å². The van der Waals surface area contributed by atoms with E-state index >= 15 is 0 Å². The fourth-order valence-electron chi connectivity index (χ4n) is 1.29. The van der Waals surface area contributed by atoms with Crippen molar-refractivity contribution < 1.29 is 4.39 Å². The third-order valence-corrected chi connectivity index (χ3v) is 2.23. The first-order chi connectivity index (χ1) is 6.79. The zero-order chi connectivity index (χ0) is 10.4. The van der Waals surface area contributed by atoms with Crippen molar-refractivity contribution >= 4 is 0 Å². The van der Waals surface area contributed by atoms with Crippen molar-refractivity contribution in [1.29, 1.82) is 0 Å². The highest BCUT2D eigenvalue weighted by Gasteiger charge is 2.10. The van der Waals surface area contributed by atoms with Crippen molar-refractivity contribution in [2.24, 2.45) is 0 Å². The van der Waals surface area contributed by atoms with Crippen LogP contribution in [0.3, 0.4) is 0 Å². The molecule has 3 nitrogen and oxygen atoms in total. The van der Waals surface area contributed by atoms with E-state index in [4.69, 9.17) is 0 Å². The number of halogens is 1. The maximum Gasteiger partial charge on any atom is 0.234 e. The van der Waals surface area contributed by atoms with Gasteiger partial charge in [0.1, 0.15) is 5.69 Å². The van der Waals surface area contributed by atoms with Gasteiger partial charge in [0.05, 0.1) is 0 Å². The third-order valence-electron chi connectivity index (χ3n) is 2.23. The third kappa shape index (κ3) is 2.79. The second-order valence-electron chi connectivity index (χ2n) is 3.51. The van der Waals surface area contributed by atoms with E-state index in [1.807, 2.05) is 0 Å². The van der Waals surface area contributed by atoms with Gasteiger partial charge in [-0.25, -0.2) is 4.68 Å². The second kappa shape index (κ2) is 5.73. The van der Waals surface area contributed by atoms with Crippen molar-refractivity contribution in [3.63, 3.8) is 0 Å². The Balaban J connectivity index is 2.55. The molecule has 0 spiro atoms. The van der Waals surface area contributed by atoms with Crippen LogP contribution in [0.4, 0.5) is 4.39 Å². The van der Waals surface area contributed by atoms with E-state index in [-0.39, 0.29) is 5.95 Å². The van der Waals surface area contributed by atoms with Gasteiger partial charge in [-0.2, -0.15) is 4.39 Å². The van der Waals surface area contributed by atoms with Crippen LogP contribution in [0.25, 0.3) is 0 Å². The molecule has 1 aromatic heterocycles. The van der Waals surface area contributed by atoms with Crippen molar-refractivity contribution in [1.82, 2.24) is 15.0 Å². The number of unbranched alkanes of at least 4 members (excludes halogenated alkanes) is 2. The van der Waals surface area contributed by atoms with Crippen LogP contribution >= 0.6 is 0 Å². The number of aryl methyl sites for hydroxylation is 2. The van der Waals surface area contributed by atoms with Gasteiger partial charge in [0.2, 0.25) is 5.95 Å². The van der Waals surface area contributed by atoms with Gasteiger partial charge < -0.3 is 0 Å². The number of hydrogen-bond acceptors (Lipinski definition) is 2. The number of rotatable bonds is 6. The minimum absolute atomic E-state index is 0.244. The Hall–Kier alpha value is -0.930. The molecule has 0 aliphatic heterocycles. The lowest BCUT2D eigenvalue weighted by Crippen LogP contribution is -2.03. The minimum atomic E-state index is -0.244. The minimum Gasteiger partial charge on any atom is -0.219 e. The summed E-state index contributed by atoms with van der Waals surface area (Å²) in [5.41, 5.74) is 0.517. The fourth-order valence-corrected chi connectivity index (χ4v) is 1.29. The lowest BCUT2D eigenvalue weighted by atomic mass is 10.2. The van der Waals surface area contributed by atoms with Gasteiger partial charge in [-0.15, -0.1) is 5.10 Å². The Morgan fingerprint density at radius 2 is 1.93 bits per heavy atom. The van der Waals surface area contributed by atoms with Crippen molar-refractivity contribution in [2.75, 3.05) is 0 Å². The highest BCUT2D eigenvalue weighted by molar-refractivity contribution is 4.95. The van der Waals surface area contributed by atoms with E-state index < -0.39 is 0 Å². The molecule has 80 valence electrons. The first-order valence-corrected chi connectivity index (χ1v) is 5.37. The van der Waals surface area contributed by atoms with Crippen molar-refractivity contribution in [3.8, 4) is 0 Å². The molecule has 0 aliphatic carbocycles. The molecule has 0 N–H and O–H groups in total. The Kier molecular flexibility index (Phi) is 4.56. The average molecular weight is 199 g/mol. The predicted molar refractivity (Wildman–Crippen MR) is 53.5 cm³/mol. The van der Waals surface area contributed by atoms with E-state index in [1.54, 1.807) is 0 Å². The second-order valence-corrected chi connectivity index (χ2v) is 3.51. The highest BCUT2D eigenvalue weighted by atomic mass is 19.1. The Labute approximate surface area is 84.3 Å². The maximum absolute atomic E-state index is 13.5. The molecule has 0 fully saturated rings. The largest absolute Gasteiger partial charge is 0.234 e. The van der Waals surface area contributed by atoms with Crippen LogP contribution in [0.1, 0.15) is 45.2 Å². The molecule has 0 saturated carbocycles. The molecular weight excluding hydrogens is 181 g/mol. The normalized spacial score (nSPS) is 10.8. The quantitative estimate of drug-likeness (QED) is 0.705. The molecule has 0 amide bonds. The Bertz CT molecular complexity index is 245. The van der Waals surface area contributed by atoms with Crippen LogP contribution in [-0.4, -0.2) is 15.0 Å². The first kappa shape index (κ1) is 11.1. The van der Waals surface area contributed by atoms with Crippen LogP contribution in [0.15, 0.2) is 0 Å². The molecule has 0 bridgehead atoms. The molecule has 0 radical (unpaired) electrons. The zero-order valence-corrected chi connectivity index (χ0v) is 8.96. The molecule has 1 heterocycles. The zero-order valence-electron chi connectivity index (χ0n) is 8.96. The van der Waals surface area contributed by atoms with E-state index in [9.17, 15) is 4.39 Å². The molecule has 0 saturated heterocycles. The predicted octanol–water partition coefficient (Wildman–Crippen LogP) is 2.56. The smallest absolute Gasteiger partial charge is 0.219 e. The van der Waals surface area contributed by atoms with Crippen molar-refractivity contribution in [3.05, 3.63) is 11.6 Å². The molecule has 0 aliphatic rings. The Morgan fingerprint density at radius 3 is 2.57 bits per heavy atom. The van der Waals surface area contributed by atoms with Gasteiger partial charge in [0, 0.05) is 6.54 Å². The van der Waals surface area contributed by atoms with Crippen LogP contribution in [0.5, 0.6) is 0 Å². The average Bonchev–Trinajstić information content (AvgIpc) is 2.54. The van der Waals surface area contributed by atoms with Crippen molar-refractivity contribution in [2.45, 2.75) is 52.5 Å². The number of hydrogen-bond donors (Lipinski definition) is 0. The van der Waals surface area contributed by atoms with E-state index in [2.05, 4.69) is 24.2 Å². The maximum atomic E-state index is 13.5. The van der Waals surface area contributed by atoms with Gasteiger partial charge in [0.25, 0.3) is 0 Å². The Morgan fingerprint density at radius 1 is 1.21 bits per heavy atom. The topological polar surface area (TPSA) is 30.7 Å². The van der Waals surface area contributed by atoms with E-state index in [1.165, 1.54) is 4.68 Å². The standard InChI is InChI=1S/C10H18FN3/c1-3-5-7-9-10(11)14(13-12-9)8-6-4-2/h3-8H2,1-2H3. The monoisotopic (exact) mass is 199 g/mol. The molecular formula is C10H18FN3. The van der Waals surface area contributed by atoms with Gasteiger partial charge in [-0.3, -0.25) is 0 Å². The van der Waals surface area contributed by atoms with E-state index in [0.29, 0.717) is 18.7 Å². The van der Waals surface area contributed by atoms with E-state index in [0.717, 1.165) is 25.7 Å². The van der Waals surface area contributed by atoms with Crippen LogP contribution in [-0.2, 0) is 13.0 Å². The summed E-state index contributed by atoms with van der Waals surface area (Å²) in [7, 11) is 0. The van der Waals surface area contributed by atoms with Crippen LogP contribution in [0.2, 0.25) is 0 Å². The summed E-state index contributed by atoms with van der Waals surface area (Å²) in [6, 6.07) is 0. The summed E-state index contributed by atoms with van der Waals surface area (Å²) in [6.45, 7) is 4.80. The number of aromatic nitrogens is 3. The molecule has 1 rings (SSSR count). The first-order valence-electron chi connectivity index (χ1n) is 5.37. The summed E-state index contributed by atoms with van der Waals surface area (Å²) < 4.78 is 14.9. The van der Waals surface area contributed by atoms with Gasteiger partial charge in [0.15, 0.2) is 0 Å².